The second kappa shape index (κ2) is 7.90. The van der Waals surface area contributed by atoms with E-state index in [-0.39, 0.29) is 0 Å². The topological polar surface area (TPSA) is 21.3 Å². The first-order valence-electron chi connectivity index (χ1n) is 7.90. The van der Waals surface area contributed by atoms with Crippen LogP contribution in [0, 0.1) is 0 Å². The quantitative estimate of drug-likeness (QED) is 0.762. The van der Waals surface area contributed by atoms with E-state index < -0.39 is 0 Å². The molecule has 0 aromatic heterocycles. The predicted octanol–water partition coefficient (Wildman–Crippen LogP) is 5.11. The smallest absolute Gasteiger partial charge is 0.138 e. The van der Waals surface area contributed by atoms with E-state index >= 15 is 0 Å². The van der Waals surface area contributed by atoms with E-state index in [1.807, 2.05) is 12.1 Å². The van der Waals surface area contributed by atoms with Crippen molar-refractivity contribution in [3.63, 3.8) is 0 Å². The number of rotatable bonds is 5. The monoisotopic (exact) mass is 295 g/mol. The van der Waals surface area contributed by atoms with Crippen LogP contribution in [-0.4, -0.2) is 12.6 Å². The van der Waals surface area contributed by atoms with Crippen molar-refractivity contribution in [1.29, 1.82) is 0 Å². The van der Waals surface area contributed by atoms with Gasteiger partial charge in [0.25, 0.3) is 0 Å². The largest absolute Gasteiger partial charge is 0.489 e. The van der Waals surface area contributed by atoms with Crippen LogP contribution in [0.5, 0.6) is 5.75 Å². The molecule has 2 nitrogen and oxygen atoms in total. The van der Waals surface area contributed by atoms with Crippen LogP contribution < -0.4 is 10.1 Å². The molecule has 1 fully saturated rings. The summed E-state index contributed by atoms with van der Waals surface area (Å²) in [5.41, 5.74) is 1.21. The molecule has 0 radical (unpaired) electrons. The molecule has 2 rings (SSSR count). The molecule has 1 aromatic carbocycles. The normalized spacial score (nSPS) is 18.6. The van der Waals surface area contributed by atoms with Gasteiger partial charge < -0.3 is 10.1 Å². The molecule has 1 aliphatic rings. The van der Waals surface area contributed by atoms with Crippen molar-refractivity contribution in [1.82, 2.24) is 5.32 Å². The minimum Gasteiger partial charge on any atom is -0.489 e. The Labute approximate surface area is 127 Å². The van der Waals surface area contributed by atoms with Gasteiger partial charge in [0.15, 0.2) is 0 Å². The van der Waals surface area contributed by atoms with E-state index in [1.165, 1.54) is 31.2 Å². The third-order valence-corrected chi connectivity index (χ3v) is 4.36. The highest BCUT2D eigenvalue weighted by Crippen LogP contribution is 2.31. The highest BCUT2D eigenvalue weighted by Gasteiger charge is 2.16. The molecule has 1 aliphatic carbocycles. The van der Waals surface area contributed by atoms with Crippen LogP contribution in [0.2, 0.25) is 5.02 Å². The molecule has 0 heterocycles. The second-order valence-electron chi connectivity index (χ2n) is 5.70. The molecular weight excluding hydrogens is 270 g/mol. The summed E-state index contributed by atoms with van der Waals surface area (Å²) >= 11 is 6.38. The maximum absolute atomic E-state index is 6.38. The Morgan fingerprint density at radius 3 is 2.55 bits per heavy atom. The third-order valence-electron chi connectivity index (χ3n) is 4.06. The summed E-state index contributed by atoms with van der Waals surface area (Å²) in [6, 6.07) is 6.49. The first-order chi connectivity index (χ1) is 9.70. The summed E-state index contributed by atoms with van der Waals surface area (Å²) in [4.78, 5) is 0. The van der Waals surface area contributed by atoms with E-state index in [2.05, 4.69) is 25.2 Å². The molecule has 112 valence electrons. The molecule has 1 N–H and O–H groups in total. The molecule has 0 spiro atoms. The fraction of sp³-hybridized carbons (Fsp3) is 0.647. The van der Waals surface area contributed by atoms with Gasteiger partial charge in [-0.3, -0.25) is 0 Å². The molecule has 20 heavy (non-hydrogen) atoms. The van der Waals surface area contributed by atoms with Crippen molar-refractivity contribution in [3.8, 4) is 5.75 Å². The van der Waals surface area contributed by atoms with E-state index in [0.717, 1.165) is 30.2 Å². The van der Waals surface area contributed by atoms with Crippen LogP contribution in [0.25, 0.3) is 0 Å². The van der Waals surface area contributed by atoms with Gasteiger partial charge in [0, 0.05) is 6.04 Å². The predicted molar refractivity (Wildman–Crippen MR) is 85.7 cm³/mol. The van der Waals surface area contributed by atoms with Crippen molar-refractivity contribution >= 4 is 11.6 Å². The lowest BCUT2D eigenvalue weighted by Gasteiger charge is -2.19. The standard InChI is InChI=1S/C17H26ClNO/c1-3-19-13(2)14-10-11-17(16(18)12-14)20-15-8-6-4-5-7-9-15/h10-13,15,19H,3-9H2,1-2H3. The number of halogens is 1. The van der Waals surface area contributed by atoms with Gasteiger partial charge >= 0.3 is 0 Å². The van der Waals surface area contributed by atoms with E-state index in [0.29, 0.717) is 12.1 Å². The van der Waals surface area contributed by atoms with Crippen molar-refractivity contribution in [2.24, 2.45) is 0 Å². The fourth-order valence-electron chi connectivity index (χ4n) is 2.85. The molecule has 1 aromatic rings. The van der Waals surface area contributed by atoms with Gasteiger partial charge in [0.1, 0.15) is 5.75 Å². The van der Waals surface area contributed by atoms with Crippen molar-refractivity contribution in [2.75, 3.05) is 6.54 Å². The zero-order valence-corrected chi connectivity index (χ0v) is 13.4. The van der Waals surface area contributed by atoms with Crippen LogP contribution >= 0.6 is 11.6 Å². The summed E-state index contributed by atoms with van der Waals surface area (Å²) in [6.45, 7) is 5.22. The highest BCUT2D eigenvalue weighted by atomic mass is 35.5. The van der Waals surface area contributed by atoms with Crippen LogP contribution in [0.4, 0.5) is 0 Å². The summed E-state index contributed by atoms with van der Waals surface area (Å²) in [7, 11) is 0. The number of benzene rings is 1. The van der Waals surface area contributed by atoms with E-state index in [9.17, 15) is 0 Å². The van der Waals surface area contributed by atoms with Crippen LogP contribution in [-0.2, 0) is 0 Å². The van der Waals surface area contributed by atoms with Gasteiger partial charge in [0.2, 0.25) is 0 Å². The van der Waals surface area contributed by atoms with Crippen LogP contribution in [0.15, 0.2) is 18.2 Å². The highest BCUT2D eigenvalue weighted by molar-refractivity contribution is 6.32. The lowest BCUT2D eigenvalue weighted by atomic mass is 10.1. The molecule has 3 heteroatoms. The summed E-state index contributed by atoms with van der Waals surface area (Å²) in [5, 5.41) is 4.13. The first kappa shape index (κ1) is 15.7. The molecule has 1 unspecified atom stereocenters. The number of hydrogen-bond donors (Lipinski definition) is 1. The van der Waals surface area contributed by atoms with Crippen molar-refractivity contribution in [2.45, 2.75) is 64.5 Å². The van der Waals surface area contributed by atoms with E-state index in [1.54, 1.807) is 0 Å². The Hall–Kier alpha value is -0.730. The summed E-state index contributed by atoms with van der Waals surface area (Å²) < 4.78 is 6.11. The molecule has 1 saturated carbocycles. The first-order valence-corrected chi connectivity index (χ1v) is 8.28. The van der Waals surface area contributed by atoms with Crippen LogP contribution in [0.3, 0.4) is 0 Å². The van der Waals surface area contributed by atoms with Crippen LogP contribution in [0.1, 0.15) is 64.0 Å². The molecule has 0 saturated heterocycles. The lowest BCUT2D eigenvalue weighted by molar-refractivity contribution is 0.184. The van der Waals surface area contributed by atoms with E-state index in [4.69, 9.17) is 16.3 Å². The van der Waals surface area contributed by atoms with Gasteiger partial charge in [-0.05, 0) is 56.8 Å². The van der Waals surface area contributed by atoms with Crippen molar-refractivity contribution in [3.05, 3.63) is 28.8 Å². The average molecular weight is 296 g/mol. The van der Waals surface area contributed by atoms with Gasteiger partial charge in [-0.1, -0.05) is 37.4 Å². The Bertz CT molecular complexity index is 413. The van der Waals surface area contributed by atoms with Gasteiger partial charge in [0.05, 0.1) is 11.1 Å². The van der Waals surface area contributed by atoms with Gasteiger partial charge in [-0.25, -0.2) is 0 Å². The zero-order valence-electron chi connectivity index (χ0n) is 12.6. The molecule has 0 bridgehead atoms. The number of hydrogen-bond acceptors (Lipinski definition) is 2. The van der Waals surface area contributed by atoms with Gasteiger partial charge in [-0.15, -0.1) is 0 Å². The third kappa shape index (κ3) is 4.39. The Morgan fingerprint density at radius 2 is 1.95 bits per heavy atom. The van der Waals surface area contributed by atoms with Crippen molar-refractivity contribution < 1.29 is 4.74 Å². The minimum absolute atomic E-state index is 0.324. The SMILES string of the molecule is CCNC(C)c1ccc(OC2CCCCCC2)c(Cl)c1. The number of ether oxygens (including phenoxy) is 1. The molecule has 0 aliphatic heterocycles. The maximum atomic E-state index is 6.38. The maximum Gasteiger partial charge on any atom is 0.138 e. The summed E-state index contributed by atoms with van der Waals surface area (Å²) in [6.07, 6.45) is 7.89. The Kier molecular flexibility index (Phi) is 6.18. The Morgan fingerprint density at radius 1 is 1.25 bits per heavy atom. The number of nitrogens with one attached hydrogen (secondary N) is 1. The average Bonchev–Trinajstić information content (AvgIpc) is 2.70. The summed E-state index contributed by atoms with van der Waals surface area (Å²) in [5.74, 6) is 0.839. The Balaban J connectivity index is 2.01. The molecule has 0 amide bonds. The lowest BCUT2D eigenvalue weighted by Crippen LogP contribution is -2.18. The second-order valence-corrected chi connectivity index (χ2v) is 6.11. The van der Waals surface area contributed by atoms with Gasteiger partial charge in [-0.2, -0.15) is 0 Å². The molecular formula is C17H26ClNO. The minimum atomic E-state index is 0.324. The fourth-order valence-corrected chi connectivity index (χ4v) is 3.08. The zero-order chi connectivity index (χ0) is 14.4. The molecule has 1 atom stereocenters.